The van der Waals surface area contributed by atoms with Crippen LogP contribution in [0.4, 0.5) is 4.39 Å². The Morgan fingerprint density at radius 1 is 1.19 bits per heavy atom. The number of aliphatic hydroxyl groups excluding tert-OH is 1. The van der Waals surface area contributed by atoms with Crippen LogP contribution in [0.2, 0.25) is 0 Å². The Morgan fingerprint density at radius 3 is 2.76 bits per heavy atom. The Kier molecular flexibility index (Phi) is 8.96. The van der Waals surface area contributed by atoms with Crippen LogP contribution < -0.4 is 20.1 Å². The maximum absolute atomic E-state index is 14.8. The van der Waals surface area contributed by atoms with E-state index in [0.29, 0.717) is 74.0 Å². The second-order valence-electron chi connectivity index (χ2n) is 8.98. The van der Waals surface area contributed by atoms with Crippen LogP contribution in [0, 0.1) is 5.82 Å². The van der Waals surface area contributed by atoms with Crippen molar-refractivity contribution in [2.45, 2.75) is 38.3 Å². The first-order chi connectivity index (χ1) is 17.9. The minimum atomic E-state index is -0.793. The SMILES string of the molecule is CCOCCNC(=O)c1ccc(Cc2cc(C(=O)N[C@H]3CCOC[C@@H]3O)c(OC)c3c2OCC3)cc1F. The molecule has 2 amide bonds. The van der Waals surface area contributed by atoms with E-state index < -0.39 is 23.9 Å². The van der Waals surface area contributed by atoms with Gasteiger partial charge in [0, 0.05) is 38.2 Å². The topological polar surface area (TPSA) is 115 Å². The number of carbonyl (C=O) groups is 2. The molecule has 2 aromatic rings. The molecule has 37 heavy (non-hydrogen) atoms. The molecule has 200 valence electrons. The fraction of sp³-hybridized carbons (Fsp3) is 0.481. The first-order valence-corrected chi connectivity index (χ1v) is 12.5. The number of methoxy groups -OCH3 is 1. The van der Waals surface area contributed by atoms with E-state index in [4.69, 9.17) is 18.9 Å². The molecule has 2 aromatic carbocycles. The molecule has 2 atom stereocenters. The van der Waals surface area contributed by atoms with Crippen LogP contribution >= 0.6 is 0 Å². The largest absolute Gasteiger partial charge is 0.495 e. The highest BCUT2D eigenvalue weighted by Gasteiger charge is 2.30. The van der Waals surface area contributed by atoms with Crippen LogP contribution in [0.25, 0.3) is 0 Å². The van der Waals surface area contributed by atoms with Gasteiger partial charge in [-0.15, -0.1) is 0 Å². The van der Waals surface area contributed by atoms with Crippen molar-refractivity contribution in [2.75, 3.05) is 46.7 Å². The lowest BCUT2D eigenvalue weighted by Gasteiger charge is -2.28. The highest BCUT2D eigenvalue weighted by Crippen LogP contribution is 2.40. The molecular weight excluding hydrogens is 483 g/mol. The summed E-state index contributed by atoms with van der Waals surface area (Å²) in [7, 11) is 1.50. The van der Waals surface area contributed by atoms with E-state index in [1.807, 2.05) is 6.92 Å². The normalized spacial score (nSPS) is 18.6. The molecule has 10 heteroatoms. The lowest BCUT2D eigenvalue weighted by Crippen LogP contribution is -2.48. The smallest absolute Gasteiger partial charge is 0.255 e. The number of ether oxygens (including phenoxy) is 4. The van der Waals surface area contributed by atoms with Gasteiger partial charge in [0.2, 0.25) is 0 Å². The number of nitrogens with one attached hydrogen (secondary N) is 2. The Balaban J connectivity index is 1.56. The monoisotopic (exact) mass is 516 g/mol. The van der Waals surface area contributed by atoms with Gasteiger partial charge in [-0.1, -0.05) is 6.07 Å². The van der Waals surface area contributed by atoms with Gasteiger partial charge in [-0.05, 0) is 42.7 Å². The average Bonchev–Trinajstić information content (AvgIpc) is 3.38. The van der Waals surface area contributed by atoms with E-state index in [9.17, 15) is 19.1 Å². The number of hydrogen-bond acceptors (Lipinski definition) is 7. The van der Waals surface area contributed by atoms with Crippen LogP contribution in [0.5, 0.6) is 11.5 Å². The number of halogens is 1. The van der Waals surface area contributed by atoms with Crippen molar-refractivity contribution in [3.05, 3.63) is 57.9 Å². The number of amides is 2. The minimum Gasteiger partial charge on any atom is -0.495 e. The van der Waals surface area contributed by atoms with Crippen LogP contribution in [-0.2, 0) is 22.3 Å². The zero-order valence-electron chi connectivity index (χ0n) is 21.1. The summed E-state index contributed by atoms with van der Waals surface area (Å²) in [6.45, 7) is 4.10. The van der Waals surface area contributed by atoms with Crippen molar-refractivity contribution in [3.63, 3.8) is 0 Å². The van der Waals surface area contributed by atoms with Crippen molar-refractivity contribution >= 4 is 11.8 Å². The average molecular weight is 517 g/mol. The summed E-state index contributed by atoms with van der Waals surface area (Å²) >= 11 is 0. The Hall–Kier alpha value is -3.21. The zero-order valence-corrected chi connectivity index (χ0v) is 21.1. The summed E-state index contributed by atoms with van der Waals surface area (Å²) in [5.74, 6) is -0.460. The summed E-state index contributed by atoms with van der Waals surface area (Å²) < 4.78 is 36.7. The molecule has 9 nitrogen and oxygen atoms in total. The second kappa shape index (κ2) is 12.4. The van der Waals surface area contributed by atoms with Crippen molar-refractivity contribution in [1.82, 2.24) is 10.6 Å². The van der Waals surface area contributed by atoms with Crippen molar-refractivity contribution in [1.29, 1.82) is 0 Å². The molecule has 2 heterocycles. The predicted molar refractivity (Wildman–Crippen MR) is 133 cm³/mol. The van der Waals surface area contributed by atoms with E-state index in [0.717, 1.165) is 5.56 Å². The number of carbonyl (C=O) groups excluding carboxylic acids is 2. The lowest BCUT2D eigenvalue weighted by atomic mass is 9.95. The van der Waals surface area contributed by atoms with Gasteiger partial charge in [0.05, 0.1) is 50.2 Å². The number of benzene rings is 2. The number of hydrogen-bond donors (Lipinski definition) is 3. The molecule has 2 aliphatic heterocycles. The molecule has 3 N–H and O–H groups in total. The van der Waals surface area contributed by atoms with E-state index in [2.05, 4.69) is 10.6 Å². The maximum Gasteiger partial charge on any atom is 0.255 e. The molecule has 0 unspecified atom stereocenters. The standard InChI is InChI=1S/C27H33FN2O7/c1-3-35-11-8-29-26(32)18-5-4-16(13-21(18)28)12-17-14-20(25(34-2)19-6-10-37-24(17)19)27(33)30-22-7-9-36-15-23(22)31/h4-5,13-14,22-23,31H,3,6-12,15H2,1-2H3,(H,29,32)(H,30,33)/t22-,23-/m0/s1. The van der Waals surface area contributed by atoms with E-state index >= 15 is 0 Å². The molecule has 0 spiro atoms. The van der Waals surface area contributed by atoms with Crippen LogP contribution in [0.15, 0.2) is 24.3 Å². The summed E-state index contributed by atoms with van der Waals surface area (Å²) in [5.41, 5.74) is 2.39. The first kappa shape index (κ1) is 26.8. The number of rotatable bonds is 10. The van der Waals surface area contributed by atoms with Gasteiger partial charge in [-0.2, -0.15) is 0 Å². The molecule has 0 aromatic heterocycles. The summed E-state index contributed by atoms with van der Waals surface area (Å²) in [4.78, 5) is 25.6. The van der Waals surface area contributed by atoms with Gasteiger partial charge in [0.25, 0.3) is 11.8 Å². The Morgan fingerprint density at radius 2 is 2.03 bits per heavy atom. The van der Waals surface area contributed by atoms with Gasteiger partial charge in [0.15, 0.2) is 0 Å². The van der Waals surface area contributed by atoms with Crippen molar-refractivity contribution < 1.29 is 38.0 Å². The van der Waals surface area contributed by atoms with Gasteiger partial charge in [-0.3, -0.25) is 9.59 Å². The Bertz CT molecular complexity index is 1140. The van der Waals surface area contributed by atoms with E-state index in [1.165, 1.54) is 19.2 Å². The summed E-state index contributed by atoms with van der Waals surface area (Å²) in [6.07, 6.45) is 0.567. The van der Waals surface area contributed by atoms with Gasteiger partial charge in [-0.25, -0.2) is 4.39 Å². The van der Waals surface area contributed by atoms with Crippen LogP contribution in [-0.4, -0.2) is 75.8 Å². The third kappa shape index (κ3) is 6.20. The van der Waals surface area contributed by atoms with Crippen LogP contribution in [0.1, 0.15) is 50.8 Å². The molecule has 0 bridgehead atoms. The predicted octanol–water partition coefficient (Wildman–Crippen LogP) is 2.01. The fourth-order valence-corrected chi connectivity index (χ4v) is 4.65. The third-order valence-corrected chi connectivity index (χ3v) is 6.50. The lowest BCUT2D eigenvalue weighted by molar-refractivity contribution is -0.0261. The molecule has 2 aliphatic rings. The molecule has 4 rings (SSSR count). The highest BCUT2D eigenvalue weighted by atomic mass is 19.1. The molecule has 1 saturated heterocycles. The van der Waals surface area contributed by atoms with Crippen LogP contribution in [0.3, 0.4) is 0 Å². The molecule has 0 aliphatic carbocycles. The fourth-order valence-electron chi connectivity index (χ4n) is 4.65. The minimum absolute atomic E-state index is 0.0495. The van der Waals surface area contributed by atoms with E-state index in [1.54, 1.807) is 12.1 Å². The quantitative estimate of drug-likeness (QED) is 0.414. The van der Waals surface area contributed by atoms with Gasteiger partial charge in [0.1, 0.15) is 17.3 Å². The zero-order chi connectivity index (χ0) is 26.4. The molecule has 0 radical (unpaired) electrons. The summed E-state index contributed by atoms with van der Waals surface area (Å²) in [6, 6.07) is 5.72. The number of aliphatic hydroxyl groups is 1. The molecule has 0 saturated carbocycles. The first-order valence-electron chi connectivity index (χ1n) is 12.5. The van der Waals surface area contributed by atoms with Crippen molar-refractivity contribution in [2.24, 2.45) is 0 Å². The third-order valence-electron chi connectivity index (χ3n) is 6.50. The second-order valence-corrected chi connectivity index (χ2v) is 8.98. The molecule has 1 fully saturated rings. The number of fused-ring (bicyclic) bond motifs is 1. The summed E-state index contributed by atoms with van der Waals surface area (Å²) in [5, 5.41) is 15.7. The molecular formula is C27H33FN2O7. The van der Waals surface area contributed by atoms with Crippen molar-refractivity contribution in [3.8, 4) is 11.5 Å². The van der Waals surface area contributed by atoms with E-state index in [-0.39, 0.29) is 24.5 Å². The van der Waals surface area contributed by atoms with Gasteiger partial charge < -0.3 is 34.7 Å². The maximum atomic E-state index is 14.8. The highest BCUT2D eigenvalue weighted by molar-refractivity contribution is 5.98. The Labute approximate surface area is 215 Å². The van der Waals surface area contributed by atoms with Gasteiger partial charge >= 0.3 is 0 Å².